The van der Waals surface area contributed by atoms with E-state index in [1.54, 1.807) is 0 Å². The van der Waals surface area contributed by atoms with Crippen LogP contribution in [0.25, 0.3) is 0 Å². The first-order valence-corrected chi connectivity index (χ1v) is 7.67. The van der Waals surface area contributed by atoms with Crippen LogP contribution < -0.4 is 5.73 Å². The third kappa shape index (κ3) is 4.76. The summed E-state index contributed by atoms with van der Waals surface area (Å²) in [5.74, 6) is 0.676. The minimum atomic E-state index is 0. The maximum absolute atomic E-state index is 6.07. The SMILES string of the molecule is CCCCOC1CC(N=C(N)N(CC)CC)C1(C)C.I. The number of rotatable bonds is 7. The van der Waals surface area contributed by atoms with E-state index in [1.807, 2.05) is 0 Å². The van der Waals surface area contributed by atoms with Crippen molar-refractivity contribution in [2.75, 3.05) is 19.7 Å². The Bertz CT molecular complexity index is 303. The van der Waals surface area contributed by atoms with E-state index in [0.717, 1.165) is 32.5 Å². The average Bonchev–Trinajstić information content (AvgIpc) is 2.38. The normalized spacial score (nSPS) is 24.8. The Morgan fingerprint density at radius 1 is 1.30 bits per heavy atom. The van der Waals surface area contributed by atoms with Gasteiger partial charge in [0.05, 0.1) is 12.1 Å². The fraction of sp³-hybridized carbons (Fsp3) is 0.933. The van der Waals surface area contributed by atoms with Gasteiger partial charge in [0, 0.05) is 25.1 Å². The van der Waals surface area contributed by atoms with Gasteiger partial charge in [0.25, 0.3) is 0 Å². The summed E-state index contributed by atoms with van der Waals surface area (Å²) < 4.78 is 5.93. The van der Waals surface area contributed by atoms with Crippen molar-refractivity contribution in [1.82, 2.24) is 4.90 Å². The van der Waals surface area contributed by atoms with Gasteiger partial charge in [-0.05, 0) is 26.7 Å². The highest BCUT2D eigenvalue weighted by molar-refractivity contribution is 14.0. The molecule has 0 heterocycles. The van der Waals surface area contributed by atoms with Crippen LogP contribution in [0, 0.1) is 5.41 Å². The summed E-state index contributed by atoms with van der Waals surface area (Å²) in [7, 11) is 0. The highest BCUT2D eigenvalue weighted by Gasteiger charge is 2.49. The Labute approximate surface area is 141 Å². The molecule has 2 N–H and O–H groups in total. The van der Waals surface area contributed by atoms with Gasteiger partial charge in [-0.2, -0.15) is 0 Å². The lowest BCUT2D eigenvalue weighted by molar-refractivity contribution is -0.107. The molecular formula is C15H32IN3O. The van der Waals surface area contributed by atoms with Crippen LogP contribution in [0.15, 0.2) is 4.99 Å². The lowest BCUT2D eigenvalue weighted by Crippen LogP contribution is -2.55. The zero-order valence-electron chi connectivity index (χ0n) is 13.7. The van der Waals surface area contributed by atoms with Gasteiger partial charge in [0.2, 0.25) is 0 Å². The number of halogens is 1. The summed E-state index contributed by atoms with van der Waals surface area (Å²) in [5, 5.41) is 0. The highest BCUT2D eigenvalue weighted by Crippen LogP contribution is 2.45. The second-order valence-electron chi connectivity index (χ2n) is 5.95. The second kappa shape index (κ2) is 9.07. The van der Waals surface area contributed by atoms with E-state index in [-0.39, 0.29) is 29.4 Å². The Balaban J connectivity index is 0.00000361. The standard InChI is InChI=1S/C15H31N3O.HI/c1-6-9-10-19-13-11-12(15(13,4)5)17-14(16)18(7-2)8-3;/h12-13H,6-11H2,1-5H3,(H2,16,17);1H. The van der Waals surface area contributed by atoms with Crippen LogP contribution in [0.1, 0.15) is 53.9 Å². The van der Waals surface area contributed by atoms with E-state index in [1.165, 1.54) is 6.42 Å². The van der Waals surface area contributed by atoms with Crippen LogP contribution in [-0.4, -0.2) is 42.7 Å². The predicted molar refractivity (Wildman–Crippen MR) is 96.8 cm³/mol. The molecule has 0 spiro atoms. The summed E-state index contributed by atoms with van der Waals surface area (Å²) in [4.78, 5) is 6.79. The van der Waals surface area contributed by atoms with E-state index in [4.69, 9.17) is 15.5 Å². The first-order valence-electron chi connectivity index (χ1n) is 7.67. The summed E-state index contributed by atoms with van der Waals surface area (Å²) in [6.07, 6.45) is 3.65. The van der Waals surface area contributed by atoms with Crippen molar-refractivity contribution < 1.29 is 4.74 Å². The van der Waals surface area contributed by atoms with Gasteiger partial charge < -0.3 is 15.4 Å². The number of ether oxygens (including phenoxy) is 1. The number of hydrogen-bond donors (Lipinski definition) is 1. The van der Waals surface area contributed by atoms with Crippen LogP contribution >= 0.6 is 24.0 Å². The van der Waals surface area contributed by atoms with Gasteiger partial charge in [-0.15, -0.1) is 24.0 Å². The molecule has 0 aromatic carbocycles. The number of nitrogens with two attached hydrogens (primary N) is 1. The summed E-state index contributed by atoms with van der Waals surface area (Å²) >= 11 is 0. The number of unbranched alkanes of at least 4 members (excludes halogenated alkanes) is 1. The third-order valence-electron chi connectivity index (χ3n) is 4.32. The molecule has 1 aliphatic carbocycles. The van der Waals surface area contributed by atoms with Gasteiger partial charge in [-0.1, -0.05) is 27.2 Å². The maximum atomic E-state index is 6.07. The molecule has 0 radical (unpaired) electrons. The molecule has 0 saturated heterocycles. The van der Waals surface area contributed by atoms with E-state index in [0.29, 0.717) is 18.1 Å². The number of hydrogen-bond acceptors (Lipinski definition) is 2. The molecule has 0 bridgehead atoms. The number of guanidine groups is 1. The predicted octanol–water partition coefficient (Wildman–Crippen LogP) is 3.24. The lowest BCUT2D eigenvalue weighted by atomic mass is 9.65. The van der Waals surface area contributed by atoms with Crippen LogP contribution in [0.4, 0.5) is 0 Å². The first-order chi connectivity index (χ1) is 8.97. The number of nitrogens with zero attached hydrogens (tertiary/aromatic N) is 2. The van der Waals surface area contributed by atoms with Crippen molar-refractivity contribution in [1.29, 1.82) is 0 Å². The zero-order valence-corrected chi connectivity index (χ0v) is 16.0. The second-order valence-corrected chi connectivity index (χ2v) is 5.95. The van der Waals surface area contributed by atoms with E-state index >= 15 is 0 Å². The van der Waals surface area contributed by atoms with E-state index < -0.39 is 0 Å². The van der Waals surface area contributed by atoms with Crippen LogP contribution in [0.5, 0.6) is 0 Å². The molecule has 0 amide bonds. The van der Waals surface area contributed by atoms with E-state index in [2.05, 4.69) is 39.5 Å². The molecule has 0 aromatic heterocycles. The van der Waals surface area contributed by atoms with Gasteiger partial charge in [0.15, 0.2) is 5.96 Å². The quantitative estimate of drug-likeness (QED) is 0.311. The fourth-order valence-electron chi connectivity index (χ4n) is 2.53. The average molecular weight is 397 g/mol. The molecule has 2 atom stereocenters. The van der Waals surface area contributed by atoms with Gasteiger partial charge in [0.1, 0.15) is 0 Å². The topological polar surface area (TPSA) is 50.9 Å². The number of aliphatic imine (C=N–C) groups is 1. The fourth-order valence-corrected chi connectivity index (χ4v) is 2.53. The molecule has 2 unspecified atom stereocenters. The third-order valence-corrected chi connectivity index (χ3v) is 4.32. The van der Waals surface area contributed by atoms with Crippen molar-refractivity contribution in [3.8, 4) is 0 Å². The largest absolute Gasteiger partial charge is 0.377 e. The molecule has 1 rings (SSSR count). The van der Waals surface area contributed by atoms with Gasteiger partial charge >= 0.3 is 0 Å². The first kappa shape index (κ1) is 20.0. The van der Waals surface area contributed by atoms with Crippen LogP contribution in [0.2, 0.25) is 0 Å². The summed E-state index contributed by atoms with van der Waals surface area (Å²) in [5.41, 5.74) is 6.18. The minimum Gasteiger partial charge on any atom is -0.377 e. The Kier molecular flexibility index (Phi) is 9.06. The summed E-state index contributed by atoms with van der Waals surface area (Å²) in [6.45, 7) is 13.6. The molecule has 1 saturated carbocycles. The molecule has 4 nitrogen and oxygen atoms in total. The maximum Gasteiger partial charge on any atom is 0.191 e. The zero-order chi connectivity index (χ0) is 14.5. The Morgan fingerprint density at radius 2 is 1.90 bits per heavy atom. The molecule has 20 heavy (non-hydrogen) atoms. The van der Waals surface area contributed by atoms with Crippen molar-refractivity contribution in [2.24, 2.45) is 16.1 Å². The molecule has 1 fully saturated rings. The van der Waals surface area contributed by atoms with Crippen molar-refractivity contribution in [3.05, 3.63) is 0 Å². The Hall–Kier alpha value is -0.0400. The molecule has 0 aliphatic heterocycles. The lowest BCUT2D eigenvalue weighted by Gasteiger charge is -2.49. The molecular weight excluding hydrogens is 365 g/mol. The van der Waals surface area contributed by atoms with Gasteiger partial charge in [-0.3, -0.25) is 0 Å². The van der Waals surface area contributed by atoms with Gasteiger partial charge in [-0.25, -0.2) is 4.99 Å². The van der Waals surface area contributed by atoms with Crippen molar-refractivity contribution >= 4 is 29.9 Å². The van der Waals surface area contributed by atoms with Crippen LogP contribution in [0.3, 0.4) is 0 Å². The molecule has 1 aliphatic rings. The highest BCUT2D eigenvalue weighted by atomic mass is 127. The van der Waals surface area contributed by atoms with E-state index in [9.17, 15) is 0 Å². The van der Waals surface area contributed by atoms with Crippen molar-refractivity contribution in [3.63, 3.8) is 0 Å². The monoisotopic (exact) mass is 397 g/mol. The molecule has 0 aromatic rings. The Morgan fingerprint density at radius 3 is 2.35 bits per heavy atom. The smallest absolute Gasteiger partial charge is 0.191 e. The van der Waals surface area contributed by atoms with Crippen LogP contribution in [-0.2, 0) is 4.74 Å². The molecule has 120 valence electrons. The molecule has 5 heteroatoms. The van der Waals surface area contributed by atoms with Crippen molar-refractivity contribution in [2.45, 2.75) is 66.0 Å². The summed E-state index contributed by atoms with van der Waals surface area (Å²) in [6, 6.07) is 0.291. The minimum absolute atomic E-state index is 0.